The molecule has 2 unspecified atom stereocenters. The second-order valence-electron chi connectivity index (χ2n) is 17.6. The molecule has 8 aromatic rings. The first-order valence-electron chi connectivity index (χ1n) is 20.9. The number of rotatable bonds is 6. The maximum absolute atomic E-state index is 9.07. The van der Waals surface area contributed by atoms with Crippen LogP contribution in [0.4, 0.5) is 0 Å². The molecule has 0 bridgehead atoms. The maximum atomic E-state index is 9.07. The van der Waals surface area contributed by atoms with Gasteiger partial charge in [-0.25, -0.2) is 0 Å². The van der Waals surface area contributed by atoms with Crippen LogP contribution >= 0.6 is 17.0 Å². The zero-order chi connectivity index (χ0) is 41.9. The fourth-order valence-electron chi connectivity index (χ4n) is 10.3. The fraction of sp³-hybridized carbons (Fsp3) is 0.185. The predicted molar refractivity (Wildman–Crippen MR) is 255 cm³/mol. The topological polar surface area (TPSA) is 26.3 Å². The first-order chi connectivity index (χ1) is 28.7. The molecule has 0 fully saturated rings. The van der Waals surface area contributed by atoms with Gasteiger partial charge in [0, 0.05) is 0 Å². The summed E-state index contributed by atoms with van der Waals surface area (Å²) in [5.74, 6) is 3.53. The number of allylic oxidation sites excluding steroid dienone is 2. The van der Waals surface area contributed by atoms with Crippen LogP contribution in [0.15, 0.2) is 130 Å². The molecule has 0 N–H and O–H groups in total. The number of furan rings is 2. The van der Waals surface area contributed by atoms with E-state index < -0.39 is 20.4 Å². The van der Waals surface area contributed by atoms with E-state index in [1.165, 1.54) is 77.2 Å². The molecular weight excluding hydrogens is 871 g/mol. The van der Waals surface area contributed by atoms with Crippen LogP contribution in [-0.2, 0) is 15.0 Å². The van der Waals surface area contributed by atoms with Crippen LogP contribution in [-0.4, -0.2) is 5.43 Å². The minimum absolute atomic E-state index is 0.250. The molecule has 0 spiro atoms. The van der Waals surface area contributed by atoms with Gasteiger partial charge in [-0.15, -0.1) is 0 Å². The molecule has 10 rings (SSSR count). The minimum atomic E-state index is -5.46. The molecule has 0 radical (unpaired) electrons. The summed E-state index contributed by atoms with van der Waals surface area (Å²) in [6.07, 6.45) is 4.77. The molecule has 0 saturated carbocycles. The van der Waals surface area contributed by atoms with Crippen LogP contribution in [0.1, 0.15) is 74.8 Å². The molecule has 2 heterocycles. The van der Waals surface area contributed by atoms with Gasteiger partial charge >= 0.3 is 364 Å². The van der Waals surface area contributed by atoms with Crippen LogP contribution in [0.5, 0.6) is 0 Å². The van der Waals surface area contributed by atoms with Crippen molar-refractivity contribution in [1.29, 1.82) is 0 Å². The molecule has 0 saturated heterocycles. The molecule has 298 valence electrons. The van der Waals surface area contributed by atoms with E-state index in [-0.39, 0.29) is 7.25 Å². The van der Waals surface area contributed by atoms with Gasteiger partial charge in [-0.3, -0.25) is 0 Å². The third kappa shape index (κ3) is 5.96. The second kappa shape index (κ2) is 14.3. The Bertz CT molecular complexity index is 3030. The number of benzene rings is 6. The van der Waals surface area contributed by atoms with E-state index in [1.54, 1.807) is 0 Å². The Morgan fingerprint density at radius 3 is 1.23 bits per heavy atom. The number of hydrogen-bond acceptors (Lipinski definition) is 2. The van der Waals surface area contributed by atoms with E-state index in [9.17, 15) is 0 Å². The summed E-state index contributed by atoms with van der Waals surface area (Å²) in [5.41, 5.74) is 15.0. The van der Waals surface area contributed by atoms with Crippen LogP contribution < -0.4 is 0 Å². The average molecular weight is 919 g/mol. The number of hydrogen-bond donors (Lipinski definition) is 0. The summed E-state index contributed by atoms with van der Waals surface area (Å²) >= 11 is -5.46. The Morgan fingerprint density at radius 2 is 0.867 bits per heavy atom. The van der Waals surface area contributed by atoms with E-state index in [0.29, 0.717) is 0 Å². The molecule has 6 aromatic carbocycles. The summed E-state index contributed by atoms with van der Waals surface area (Å²) in [7, 11) is 18.1. The molecule has 6 heteroatoms. The zero-order valence-corrected chi connectivity index (χ0v) is 40.4. The van der Waals surface area contributed by atoms with Crippen LogP contribution in [0, 0.1) is 41.5 Å². The van der Waals surface area contributed by atoms with Gasteiger partial charge in [0.1, 0.15) is 0 Å². The first-order valence-corrected chi connectivity index (χ1v) is 36.3. The summed E-state index contributed by atoms with van der Waals surface area (Å²) in [6.45, 7) is 17.5. The van der Waals surface area contributed by atoms with Gasteiger partial charge in [0.15, 0.2) is 0 Å². The van der Waals surface area contributed by atoms with Crippen LogP contribution in [0.25, 0.3) is 67.1 Å². The summed E-state index contributed by atoms with van der Waals surface area (Å²) in [4.78, 5) is 0. The SMILES string of the molecule is Cc1cc(C2=Cc3c(ccc(C)c3-c3ccc4ccccc4c3)[CH]2[Zr]([Cl])([Cl])([CH]2C(c3cc(C)c(C)o3)=Cc3c2ccc(C)c3-c2ccc3ccccc3c2)=[Si](C)C)oc1C. The molecule has 2 aliphatic rings. The Labute approximate surface area is 361 Å². The third-order valence-corrected chi connectivity index (χ3v) is 60.1. The van der Waals surface area contributed by atoms with E-state index >= 15 is 0 Å². The fourth-order valence-corrected chi connectivity index (χ4v) is 38.0. The molecule has 2 aliphatic carbocycles. The zero-order valence-electron chi connectivity index (χ0n) is 35.4. The van der Waals surface area contributed by atoms with Gasteiger partial charge in [-0.05, 0) is 0 Å². The van der Waals surface area contributed by atoms with E-state index in [1.807, 2.05) is 0 Å². The van der Waals surface area contributed by atoms with Crippen LogP contribution in [0.3, 0.4) is 0 Å². The molecule has 0 aliphatic heterocycles. The first kappa shape index (κ1) is 39.7. The Kier molecular flexibility index (Phi) is 9.47. The summed E-state index contributed by atoms with van der Waals surface area (Å²) < 4.78 is 13.0. The molecule has 2 nitrogen and oxygen atoms in total. The standard InChI is InChI=1S/2C26H21O.C2H6Si.2ClH.Zr/c2*1-16-8-9-21-14-23(25-12-17(2)18(3)27-25)15-24(21)26(16)22-11-10-19-6-4-5-7-20(19)13-22;1-3-2;;;/h2*4-15H,1-3H3;1-2H3;2*1H;/q;;;;;+2/p-2. The quantitative estimate of drug-likeness (QED) is 0.155. The molecule has 2 atom stereocenters. The number of aryl methyl sites for hydroxylation is 6. The van der Waals surface area contributed by atoms with E-state index in [4.69, 9.17) is 25.9 Å². The summed E-state index contributed by atoms with van der Waals surface area (Å²) in [6, 6.07) is 44.5. The number of fused-ring (bicyclic) bond motifs is 4. The van der Waals surface area contributed by atoms with Gasteiger partial charge in [-0.1, -0.05) is 0 Å². The third-order valence-electron chi connectivity index (χ3n) is 13.8. The predicted octanol–water partition coefficient (Wildman–Crippen LogP) is 16.5. The van der Waals surface area contributed by atoms with Crippen molar-refractivity contribution in [3.05, 3.63) is 189 Å². The van der Waals surface area contributed by atoms with E-state index in [0.717, 1.165) is 45.3 Å². The second-order valence-corrected chi connectivity index (χ2v) is 56.3. The molecule has 0 amide bonds. The van der Waals surface area contributed by atoms with Crippen molar-refractivity contribution in [1.82, 2.24) is 0 Å². The molecule has 2 aromatic heterocycles. The van der Waals surface area contributed by atoms with Gasteiger partial charge in [0.25, 0.3) is 0 Å². The van der Waals surface area contributed by atoms with Crippen molar-refractivity contribution in [2.45, 2.75) is 61.9 Å². The van der Waals surface area contributed by atoms with Crippen molar-refractivity contribution >= 4 is 67.3 Å². The number of halogens is 2. The van der Waals surface area contributed by atoms with Crippen LogP contribution in [0.2, 0.25) is 13.1 Å². The van der Waals surface area contributed by atoms with Crippen molar-refractivity contribution in [3.8, 4) is 22.3 Å². The summed E-state index contributed by atoms with van der Waals surface area (Å²) in [5, 5.41) is 4.88. The van der Waals surface area contributed by atoms with Crippen molar-refractivity contribution < 1.29 is 23.8 Å². The van der Waals surface area contributed by atoms with Crippen molar-refractivity contribution in [2.24, 2.45) is 0 Å². The van der Waals surface area contributed by atoms with Crippen molar-refractivity contribution in [3.63, 3.8) is 0 Å². The van der Waals surface area contributed by atoms with Crippen molar-refractivity contribution in [2.75, 3.05) is 0 Å². The van der Waals surface area contributed by atoms with Gasteiger partial charge < -0.3 is 0 Å². The Balaban J connectivity index is 1.28. The normalized spacial score (nSPS) is 16.3. The molecular formula is C54H48Cl2O2SiZr. The Morgan fingerprint density at radius 1 is 0.467 bits per heavy atom. The van der Waals surface area contributed by atoms with Gasteiger partial charge in [0.2, 0.25) is 0 Å². The molecule has 60 heavy (non-hydrogen) atoms. The van der Waals surface area contributed by atoms with E-state index in [2.05, 4.69) is 188 Å². The van der Waals surface area contributed by atoms with Gasteiger partial charge in [0.05, 0.1) is 0 Å². The monoisotopic (exact) mass is 916 g/mol. The van der Waals surface area contributed by atoms with Gasteiger partial charge in [-0.2, -0.15) is 0 Å². The average Bonchev–Trinajstić information content (AvgIpc) is 4.00. The Hall–Kier alpha value is -4.44.